The summed E-state index contributed by atoms with van der Waals surface area (Å²) in [5.41, 5.74) is 0. The van der Waals surface area contributed by atoms with Crippen LogP contribution in [0.15, 0.2) is 12.7 Å². The summed E-state index contributed by atoms with van der Waals surface area (Å²) in [4.78, 5) is 0. The van der Waals surface area contributed by atoms with Crippen LogP contribution in [0.4, 0.5) is 0 Å². The summed E-state index contributed by atoms with van der Waals surface area (Å²) in [6, 6.07) is 0. The average Bonchev–Trinajstić information content (AvgIpc) is 1.59. The molecule has 3 heteroatoms. The van der Waals surface area contributed by atoms with Crippen molar-refractivity contribution in [1.82, 2.24) is 0 Å². The van der Waals surface area contributed by atoms with Gasteiger partial charge in [0, 0.05) is 0 Å². The fourth-order valence-corrected chi connectivity index (χ4v) is 0.960. The van der Waals surface area contributed by atoms with Gasteiger partial charge in [0.1, 0.15) is 0 Å². The molecular weight excluding hydrogens is 140 g/mol. The Bertz CT molecular complexity index is 77.0. The first-order chi connectivity index (χ1) is 3.56. The van der Waals surface area contributed by atoms with Gasteiger partial charge in [-0.05, 0) is 13.1 Å². The van der Waals surface area contributed by atoms with Gasteiger partial charge in [0.05, 0.1) is 6.61 Å². The molecule has 0 aliphatic rings. The van der Waals surface area contributed by atoms with E-state index in [1.54, 1.807) is 6.08 Å². The summed E-state index contributed by atoms with van der Waals surface area (Å²) in [6.07, 6.45) is 1.71. The number of halogens is 1. The first kappa shape index (κ1) is 8.21. The quantitative estimate of drug-likeness (QED) is 0.340. The zero-order valence-corrected chi connectivity index (χ0v) is 7.03. The second-order valence-electron chi connectivity index (χ2n) is 1.96. The number of rotatable bonds is 3. The molecule has 0 rings (SSSR count). The maximum absolute atomic E-state index is 5.78. The number of hydrogen-bond acceptors (Lipinski definition) is 1. The smallest absolute Gasteiger partial charge is 0.284 e. The maximum Gasteiger partial charge on any atom is 0.284 e. The lowest BCUT2D eigenvalue weighted by molar-refractivity contribution is 0.368. The Labute approximate surface area is 56.1 Å². The molecule has 0 heterocycles. The van der Waals surface area contributed by atoms with E-state index in [-0.39, 0.29) is 0 Å². The van der Waals surface area contributed by atoms with Gasteiger partial charge in [0.15, 0.2) is 0 Å². The molecule has 1 nitrogen and oxygen atoms in total. The van der Waals surface area contributed by atoms with Gasteiger partial charge in [-0.15, -0.1) is 17.7 Å². The molecular formula is C5H11ClOSi. The van der Waals surface area contributed by atoms with Crippen molar-refractivity contribution in [2.45, 2.75) is 13.1 Å². The van der Waals surface area contributed by atoms with Crippen molar-refractivity contribution in [2.75, 3.05) is 6.61 Å². The summed E-state index contributed by atoms with van der Waals surface area (Å²) in [5.74, 6) is 0. The van der Waals surface area contributed by atoms with Crippen LogP contribution in [-0.4, -0.2) is 14.2 Å². The van der Waals surface area contributed by atoms with Gasteiger partial charge in [-0.25, -0.2) is 0 Å². The van der Waals surface area contributed by atoms with E-state index < -0.39 is 7.63 Å². The van der Waals surface area contributed by atoms with Crippen molar-refractivity contribution in [2.24, 2.45) is 0 Å². The molecule has 0 aromatic rings. The summed E-state index contributed by atoms with van der Waals surface area (Å²) < 4.78 is 5.16. The molecule has 0 N–H and O–H groups in total. The Balaban J connectivity index is 3.24. The lowest BCUT2D eigenvalue weighted by Gasteiger charge is -2.11. The highest BCUT2D eigenvalue weighted by atomic mass is 35.6. The van der Waals surface area contributed by atoms with E-state index in [0.717, 1.165) is 0 Å². The first-order valence-corrected chi connectivity index (χ1v) is 6.42. The van der Waals surface area contributed by atoms with Gasteiger partial charge < -0.3 is 4.43 Å². The molecule has 0 aliphatic heterocycles. The Morgan fingerprint density at radius 1 is 1.75 bits per heavy atom. The molecule has 0 amide bonds. The minimum absolute atomic E-state index is 0.572. The minimum Gasteiger partial charge on any atom is -0.399 e. The van der Waals surface area contributed by atoms with Crippen molar-refractivity contribution >= 4 is 18.7 Å². The highest BCUT2D eigenvalue weighted by molar-refractivity contribution is 7.15. The van der Waals surface area contributed by atoms with Crippen molar-refractivity contribution in [3.63, 3.8) is 0 Å². The third kappa shape index (κ3) is 6.21. The molecule has 8 heavy (non-hydrogen) atoms. The van der Waals surface area contributed by atoms with Crippen molar-refractivity contribution in [3.05, 3.63) is 12.7 Å². The van der Waals surface area contributed by atoms with E-state index in [0.29, 0.717) is 6.61 Å². The van der Waals surface area contributed by atoms with E-state index >= 15 is 0 Å². The number of hydrogen-bond donors (Lipinski definition) is 0. The van der Waals surface area contributed by atoms with Crippen LogP contribution in [0.3, 0.4) is 0 Å². The average molecular weight is 151 g/mol. The molecule has 48 valence electrons. The van der Waals surface area contributed by atoms with Crippen LogP contribution in [0, 0.1) is 0 Å². The van der Waals surface area contributed by atoms with Gasteiger partial charge in [-0.3, -0.25) is 0 Å². The Morgan fingerprint density at radius 3 is 2.38 bits per heavy atom. The lowest BCUT2D eigenvalue weighted by Crippen LogP contribution is -2.21. The van der Waals surface area contributed by atoms with Crippen LogP contribution in [0.1, 0.15) is 0 Å². The molecule has 0 aliphatic carbocycles. The fraction of sp³-hybridized carbons (Fsp3) is 0.600. The standard InChI is InChI=1S/C5H11ClOSi/c1-4-5-7-8(2,3)6/h4H,1,5H2,2-3H3. The molecule has 0 atom stereocenters. The van der Waals surface area contributed by atoms with E-state index in [4.69, 9.17) is 15.5 Å². The van der Waals surface area contributed by atoms with E-state index in [2.05, 4.69) is 6.58 Å². The van der Waals surface area contributed by atoms with Gasteiger partial charge in [-0.2, -0.15) is 0 Å². The Kier molecular flexibility index (Phi) is 3.36. The molecule has 0 saturated heterocycles. The Hall–Kier alpha value is 0.207. The van der Waals surface area contributed by atoms with Crippen LogP contribution >= 0.6 is 11.1 Å². The summed E-state index contributed by atoms with van der Waals surface area (Å²) in [5, 5.41) is 0. The predicted octanol–water partition coefficient (Wildman–Crippen LogP) is 2.13. The second-order valence-corrected chi connectivity index (χ2v) is 7.71. The van der Waals surface area contributed by atoms with Crippen molar-refractivity contribution < 1.29 is 4.43 Å². The monoisotopic (exact) mass is 150 g/mol. The molecule has 0 aromatic heterocycles. The normalized spacial score (nSPS) is 11.4. The van der Waals surface area contributed by atoms with E-state index in [1.165, 1.54) is 0 Å². The van der Waals surface area contributed by atoms with Crippen LogP contribution in [0.5, 0.6) is 0 Å². The Morgan fingerprint density at radius 2 is 2.25 bits per heavy atom. The van der Waals surface area contributed by atoms with Gasteiger partial charge >= 0.3 is 0 Å². The SMILES string of the molecule is C=CCO[Si](C)(C)Cl. The van der Waals surface area contributed by atoms with E-state index in [9.17, 15) is 0 Å². The largest absolute Gasteiger partial charge is 0.399 e. The van der Waals surface area contributed by atoms with E-state index in [1.807, 2.05) is 13.1 Å². The van der Waals surface area contributed by atoms with Crippen LogP contribution in [0.2, 0.25) is 13.1 Å². The lowest BCUT2D eigenvalue weighted by atomic mass is 10.7. The zero-order chi connectivity index (χ0) is 6.62. The van der Waals surface area contributed by atoms with Gasteiger partial charge in [-0.1, -0.05) is 6.08 Å². The molecule has 0 bridgehead atoms. The second kappa shape index (κ2) is 3.28. The molecule has 0 aromatic carbocycles. The third-order valence-corrected chi connectivity index (χ3v) is 1.72. The van der Waals surface area contributed by atoms with Gasteiger partial charge in [0.2, 0.25) is 0 Å². The predicted molar refractivity (Wildman–Crippen MR) is 39.5 cm³/mol. The molecule has 0 radical (unpaired) electrons. The highest BCUT2D eigenvalue weighted by Gasteiger charge is 2.16. The third-order valence-electron chi connectivity index (χ3n) is 0.544. The van der Waals surface area contributed by atoms with Crippen LogP contribution in [-0.2, 0) is 4.43 Å². The maximum atomic E-state index is 5.78. The zero-order valence-electron chi connectivity index (χ0n) is 5.28. The molecule has 0 fully saturated rings. The summed E-state index contributed by atoms with van der Waals surface area (Å²) in [7, 11) is -1.78. The fourth-order valence-electron chi connectivity index (χ4n) is 0.257. The molecule has 0 unspecified atom stereocenters. The van der Waals surface area contributed by atoms with Crippen LogP contribution in [0.25, 0.3) is 0 Å². The molecule has 0 spiro atoms. The van der Waals surface area contributed by atoms with Gasteiger partial charge in [0.25, 0.3) is 7.63 Å². The highest BCUT2D eigenvalue weighted by Crippen LogP contribution is 2.07. The molecule has 0 saturated carbocycles. The van der Waals surface area contributed by atoms with Crippen molar-refractivity contribution in [1.29, 1.82) is 0 Å². The van der Waals surface area contributed by atoms with Crippen LogP contribution < -0.4 is 0 Å². The minimum atomic E-state index is -1.78. The van der Waals surface area contributed by atoms with Crippen molar-refractivity contribution in [3.8, 4) is 0 Å². The first-order valence-electron chi connectivity index (χ1n) is 2.50. The summed E-state index contributed by atoms with van der Waals surface area (Å²) in [6.45, 7) is 7.93. The summed E-state index contributed by atoms with van der Waals surface area (Å²) >= 11 is 5.78. The topological polar surface area (TPSA) is 9.23 Å².